The molecule has 2 aliphatic heterocycles. The molecule has 1 aromatic rings. The van der Waals surface area contributed by atoms with Crippen LogP contribution in [0.1, 0.15) is 29.6 Å². The van der Waals surface area contributed by atoms with Crippen molar-refractivity contribution in [3.05, 3.63) is 28.8 Å². The fourth-order valence-corrected chi connectivity index (χ4v) is 3.47. The van der Waals surface area contributed by atoms with Gasteiger partial charge in [0.05, 0.1) is 10.6 Å². The number of ether oxygens (including phenoxy) is 1. The van der Waals surface area contributed by atoms with E-state index in [4.69, 9.17) is 22.1 Å². The number of hydrogen-bond acceptors (Lipinski definition) is 3. The standard InChI is InChI=1S/C15H19ClN2O2.ClH/c16-13-9-11(17)1-2-12(13)14(19)18-6-3-15(10-18)4-7-20-8-5-15;/h1-2,9H,3-8,10,17H2;1H. The van der Waals surface area contributed by atoms with Gasteiger partial charge in [0, 0.05) is 32.0 Å². The van der Waals surface area contributed by atoms with Crippen LogP contribution in [0.2, 0.25) is 5.02 Å². The fourth-order valence-electron chi connectivity index (χ4n) is 3.20. The molecule has 0 bridgehead atoms. The molecule has 4 nitrogen and oxygen atoms in total. The second kappa shape index (κ2) is 6.42. The van der Waals surface area contributed by atoms with Gasteiger partial charge in [-0.25, -0.2) is 0 Å². The molecule has 2 fully saturated rings. The maximum absolute atomic E-state index is 12.6. The zero-order valence-corrected chi connectivity index (χ0v) is 13.4. The molecule has 2 N–H and O–H groups in total. The van der Waals surface area contributed by atoms with Gasteiger partial charge < -0.3 is 15.4 Å². The Balaban J connectivity index is 0.00000161. The number of nitrogens with two attached hydrogens (primary N) is 1. The first-order valence-corrected chi connectivity index (χ1v) is 7.40. The van der Waals surface area contributed by atoms with Crippen LogP contribution in [0.15, 0.2) is 18.2 Å². The summed E-state index contributed by atoms with van der Waals surface area (Å²) in [6.07, 6.45) is 3.16. The minimum Gasteiger partial charge on any atom is -0.399 e. The zero-order chi connectivity index (χ0) is 14.2. The summed E-state index contributed by atoms with van der Waals surface area (Å²) in [4.78, 5) is 14.5. The quantitative estimate of drug-likeness (QED) is 0.805. The van der Waals surface area contributed by atoms with E-state index in [0.717, 1.165) is 45.6 Å². The number of benzene rings is 1. The Kier molecular flexibility index (Phi) is 5.02. The Morgan fingerprint density at radius 2 is 2.00 bits per heavy atom. The molecule has 0 saturated carbocycles. The second-order valence-electron chi connectivity index (χ2n) is 5.83. The van der Waals surface area contributed by atoms with Crippen molar-refractivity contribution >= 4 is 35.6 Å². The molecule has 2 heterocycles. The Morgan fingerprint density at radius 3 is 2.67 bits per heavy atom. The highest BCUT2D eigenvalue weighted by Gasteiger charge is 2.41. The molecule has 3 rings (SSSR count). The molecule has 0 radical (unpaired) electrons. The number of rotatable bonds is 1. The van der Waals surface area contributed by atoms with Gasteiger partial charge in [-0.15, -0.1) is 12.4 Å². The van der Waals surface area contributed by atoms with Gasteiger partial charge in [-0.05, 0) is 42.9 Å². The van der Waals surface area contributed by atoms with E-state index in [9.17, 15) is 4.79 Å². The molecule has 2 aliphatic rings. The van der Waals surface area contributed by atoms with Crippen LogP contribution in [0, 0.1) is 5.41 Å². The number of amides is 1. The van der Waals surface area contributed by atoms with Crippen LogP contribution in [0.5, 0.6) is 0 Å². The molecule has 0 unspecified atom stereocenters. The third-order valence-corrected chi connectivity index (χ3v) is 4.82. The molecule has 0 aromatic heterocycles. The van der Waals surface area contributed by atoms with E-state index in [1.54, 1.807) is 18.2 Å². The Bertz CT molecular complexity index is 530. The van der Waals surface area contributed by atoms with Crippen molar-refractivity contribution in [2.45, 2.75) is 19.3 Å². The number of halogens is 2. The van der Waals surface area contributed by atoms with E-state index in [2.05, 4.69) is 0 Å². The second-order valence-corrected chi connectivity index (χ2v) is 6.24. The van der Waals surface area contributed by atoms with Crippen LogP contribution in [-0.2, 0) is 4.74 Å². The highest BCUT2D eigenvalue weighted by molar-refractivity contribution is 6.34. The van der Waals surface area contributed by atoms with Crippen LogP contribution in [0.25, 0.3) is 0 Å². The van der Waals surface area contributed by atoms with Crippen molar-refractivity contribution in [2.75, 3.05) is 32.0 Å². The monoisotopic (exact) mass is 330 g/mol. The first-order chi connectivity index (χ1) is 9.60. The maximum atomic E-state index is 12.6. The lowest BCUT2D eigenvalue weighted by atomic mass is 9.80. The third-order valence-electron chi connectivity index (χ3n) is 4.50. The minimum absolute atomic E-state index is 0. The summed E-state index contributed by atoms with van der Waals surface area (Å²) in [6.45, 7) is 3.24. The van der Waals surface area contributed by atoms with Crippen LogP contribution in [-0.4, -0.2) is 37.1 Å². The summed E-state index contributed by atoms with van der Waals surface area (Å²) in [5.41, 5.74) is 7.05. The van der Waals surface area contributed by atoms with Gasteiger partial charge in [-0.1, -0.05) is 11.6 Å². The van der Waals surface area contributed by atoms with E-state index >= 15 is 0 Å². The number of hydrogen-bond donors (Lipinski definition) is 1. The van der Waals surface area contributed by atoms with Crippen molar-refractivity contribution in [3.8, 4) is 0 Å². The molecule has 1 amide bonds. The van der Waals surface area contributed by atoms with Gasteiger partial charge in [0.1, 0.15) is 0 Å². The Morgan fingerprint density at radius 1 is 1.29 bits per heavy atom. The molecular weight excluding hydrogens is 311 g/mol. The average Bonchev–Trinajstić information content (AvgIpc) is 2.83. The van der Waals surface area contributed by atoms with E-state index in [-0.39, 0.29) is 23.7 Å². The van der Waals surface area contributed by atoms with Gasteiger partial charge in [0.2, 0.25) is 0 Å². The molecule has 0 atom stereocenters. The minimum atomic E-state index is 0. The fraction of sp³-hybridized carbons (Fsp3) is 0.533. The number of carbonyl (C=O) groups is 1. The summed E-state index contributed by atoms with van der Waals surface area (Å²) >= 11 is 6.13. The first-order valence-electron chi connectivity index (χ1n) is 7.02. The van der Waals surface area contributed by atoms with Crippen molar-refractivity contribution in [1.29, 1.82) is 0 Å². The van der Waals surface area contributed by atoms with E-state index in [1.165, 1.54) is 0 Å². The largest absolute Gasteiger partial charge is 0.399 e. The summed E-state index contributed by atoms with van der Waals surface area (Å²) in [5.74, 6) is 0.0124. The average molecular weight is 331 g/mol. The topological polar surface area (TPSA) is 55.6 Å². The highest BCUT2D eigenvalue weighted by atomic mass is 35.5. The molecule has 1 spiro atoms. The van der Waals surface area contributed by atoms with Gasteiger partial charge in [-0.2, -0.15) is 0 Å². The van der Waals surface area contributed by atoms with Gasteiger partial charge >= 0.3 is 0 Å². The number of likely N-dealkylation sites (tertiary alicyclic amines) is 1. The third kappa shape index (κ3) is 3.28. The number of anilines is 1. The van der Waals surface area contributed by atoms with E-state index < -0.39 is 0 Å². The van der Waals surface area contributed by atoms with Crippen molar-refractivity contribution in [3.63, 3.8) is 0 Å². The van der Waals surface area contributed by atoms with Crippen LogP contribution < -0.4 is 5.73 Å². The van der Waals surface area contributed by atoms with Gasteiger partial charge in [0.15, 0.2) is 0 Å². The molecule has 0 aliphatic carbocycles. The predicted molar refractivity (Wildman–Crippen MR) is 86.1 cm³/mol. The van der Waals surface area contributed by atoms with E-state index in [0.29, 0.717) is 16.3 Å². The van der Waals surface area contributed by atoms with Crippen molar-refractivity contribution in [2.24, 2.45) is 5.41 Å². The SMILES string of the molecule is Cl.Nc1ccc(C(=O)N2CCC3(CCOCC3)C2)c(Cl)c1. The van der Waals surface area contributed by atoms with Crippen LogP contribution in [0.4, 0.5) is 5.69 Å². The lowest BCUT2D eigenvalue weighted by Gasteiger charge is -2.33. The summed E-state index contributed by atoms with van der Waals surface area (Å²) in [7, 11) is 0. The smallest absolute Gasteiger partial charge is 0.255 e. The highest BCUT2D eigenvalue weighted by Crippen LogP contribution is 2.40. The molecule has 1 aromatic carbocycles. The van der Waals surface area contributed by atoms with Gasteiger partial charge in [-0.3, -0.25) is 4.79 Å². The lowest BCUT2D eigenvalue weighted by Crippen LogP contribution is -2.35. The number of nitrogens with zero attached hydrogens (tertiary/aromatic N) is 1. The molecule has 116 valence electrons. The van der Waals surface area contributed by atoms with Crippen LogP contribution in [0.3, 0.4) is 0 Å². The molecule has 21 heavy (non-hydrogen) atoms. The summed E-state index contributed by atoms with van der Waals surface area (Å²) < 4.78 is 5.43. The van der Waals surface area contributed by atoms with E-state index in [1.807, 2.05) is 4.90 Å². The van der Waals surface area contributed by atoms with Gasteiger partial charge in [0.25, 0.3) is 5.91 Å². The predicted octanol–water partition coefficient (Wildman–Crippen LogP) is 2.99. The Hall–Kier alpha value is -0.970. The molecule has 6 heteroatoms. The summed E-state index contributed by atoms with van der Waals surface area (Å²) in [6, 6.07) is 5.07. The summed E-state index contributed by atoms with van der Waals surface area (Å²) in [5, 5.41) is 0.433. The maximum Gasteiger partial charge on any atom is 0.255 e. The number of carbonyl (C=O) groups excluding carboxylic acids is 1. The number of nitrogen functional groups attached to an aromatic ring is 1. The van der Waals surface area contributed by atoms with Crippen molar-refractivity contribution in [1.82, 2.24) is 4.90 Å². The lowest BCUT2D eigenvalue weighted by molar-refractivity contribution is 0.0191. The normalized spacial score (nSPS) is 20.3. The Labute approximate surface area is 136 Å². The first kappa shape index (κ1) is 16.4. The molecule has 2 saturated heterocycles. The van der Waals surface area contributed by atoms with Crippen molar-refractivity contribution < 1.29 is 9.53 Å². The van der Waals surface area contributed by atoms with Crippen LogP contribution >= 0.6 is 24.0 Å². The zero-order valence-electron chi connectivity index (χ0n) is 11.8. The molecular formula is C15H20Cl2N2O2.